The average molecular weight is 324 g/mol. The first kappa shape index (κ1) is 21.9. The standard InChI is InChI=1S/C10H18N3O2P.H4NO2P/c1-8(2)13(9(3)4)16(14)15-10(5,6-11)7-12;1-4(2)3/h8-9,14H,1-5H3;2-3H,1H2. The van der Waals surface area contributed by atoms with E-state index in [1.165, 1.54) is 6.92 Å². The fourth-order valence-electron chi connectivity index (χ4n) is 1.27. The Morgan fingerprint density at radius 1 is 1.10 bits per heavy atom. The Labute approximate surface area is 122 Å². The van der Waals surface area contributed by atoms with Gasteiger partial charge < -0.3 is 14.7 Å². The van der Waals surface area contributed by atoms with Gasteiger partial charge in [-0.2, -0.15) is 10.5 Å². The summed E-state index contributed by atoms with van der Waals surface area (Å²) in [6.45, 7) is 9.03. The maximum atomic E-state index is 9.91. The molecular weight excluding hydrogens is 302 g/mol. The molecule has 8 nitrogen and oxygen atoms in total. The number of nitrogens with two attached hydrogens (primary N) is 1. The van der Waals surface area contributed by atoms with Crippen LogP contribution in [0.1, 0.15) is 34.6 Å². The van der Waals surface area contributed by atoms with E-state index in [0.29, 0.717) is 0 Å². The van der Waals surface area contributed by atoms with Crippen LogP contribution in [-0.4, -0.2) is 37.0 Å². The smallest absolute Gasteiger partial charge is 0.258 e. The summed E-state index contributed by atoms with van der Waals surface area (Å²) < 4.78 is 6.88. The molecule has 0 aromatic carbocycles. The van der Waals surface area contributed by atoms with Crippen LogP contribution in [0.4, 0.5) is 0 Å². The lowest BCUT2D eigenvalue weighted by atomic mass is 10.2. The van der Waals surface area contributed by atoms with Crippen LogP contribution in [0.3, 0.4) is 0 Å². The largest absolute Gasteiger partial charge is 0.338 e. The van der Waals surface area contributed by atoms with Crippen molar-refractivity contribution < 1.29 is 19.2 Å². The Hall–Kier alpha value is -0.400. The molecule has 10 heteroatoms. The van der Waals surface area contributed by atoms with Gasteiger partial charge in [-0.15, -0.1) is 0 Å². The van der Waals surface area contributed by atoms with Crippen molar-refractivity contribution in [1.82, 2.24) is 4.67 Å². The third kappa shape index (κ3) is 9.50. The van der Waals surface area contributed by atoms with Crippen molar-refractivity contribution in [1.29, 1.82) is 10.5 Å². The highest BCUT2D eigenvalue weighted by molar-refractivity contribution is 7.43. The van der Waals surface area contributed by atoms with Gasteiger partial charge in [0.15, 0.2) is 0 Å². The van der Waals surface area contributed by atoms with E-state index in [2.05, 4.69) is 5.50 Å². The summed E-state index contributed by atoms with van der Waals surface area (Å²) in [5.74, 6) is 0. The van der Waals surface area contributed by atoms with Gasteiger partial charge in [-0.1, -0.05) is 0 Å². The maximum absolute atomic E-state index is 9.91. The highest BCUT2D eigenvalue weighted by Crippen LogP contribution is 2.43. The molecule has 0 amide bonds. The fraction of sp³-hybridized carbons (Fsp3) is 0.800. The molecule has 1 atom stereocenters. The molecule has 0 radical (unpaired) electrons. The Bertz CT molecular complexity index is 329. The predicted octanol–water partition coefficient (Wildman–Crippen LogP) is 1.30. The normalized spacial score (nSPS) is 12.9. The SMILES string of the molecule is CC(C)N(C(C)C)P(O)OC(C)(C#N)C#N.NP(O)O. The minimum absolute atomic E-state index is 0.0812. The van der Waals surface area contributed by atoms with Crippen molar-refractivity contribution in [3.05, 3.63) is 0 Å². The summed E-state index contributed by atoms with van der Waals surface area (Å²) in [6.07, 6.45) is 0. The Morgan fingerprint density at radius 2 is 1.40 bits per heavy atom. The molecular formula is C10H22N4O4P2. The van der Waals surface area contributed by atoms with Crippen molar-refractivity contribution in [3.63, 3.8) is 0 Å². The topological polar surface area (TPSA) is 147 Å². The van der Waals surface area contributed by atoms with Crippen LogP contribution in [0.25, 0.3) is 0 Å². The van der Waals surface area contributed by atoms with Gasteiger partial charge >= 0.3 is 0 Å². The molecule has 0 spiro atoms. The van der Waals surface area contributed by atoms with Gasteiger partial charge in [0, 0.05) is 12.1 Å². The van der Waals surface area contributed by atoms with Crippen molar-refractivity contribution in [2.24, 2.45) is 5.50 Å². The van der Waals surface area contributed by atoms with Gasteiger partial charge in [0.05, 0.1) is 0 Å². The zero-order valence-electron chi connectivity index (χ0n) is 12.2. The molecule has 0 aliphatic rings. The van der Waals surface area contributed by atoms with E-state index < -0.39 is 22.7 Å². The van der Waals surface area contributed by atoms with Crippen LogP contribution < -0.4 is 5.50 Å². The first-order valence-electron chi connectivity index (χ1n) is 5.72. The molecule has 0 aromatic heterocycles. The minimum atomic E-state index is -2.12. The van der Waals surface area contributed by atoms with Crippen LogP contribution >= 0.6 is 17.1 Å². The molecule has 0 bridgehead atoms. The number of hydrogen-bond acceptors (Lipinski definition) is 8. The van der Waals surface area contributed by atoms with Crippen LogP contribution in [0.5, 0.6) is 0 Å². The quantitative estimate of drug-likeness (QED) is 0.553. The second-order valence-corrected chi connectivity index (χ2v) is 6.28. The molecule has 0 rings (SSSR count). The first-order chi connectivity index (χ1) is 9.00. The van der Waals surface area contributed by atoms with Crippen molar-refractivity contribution in [2.75, 3.05) is 0 Å². The lowest BCUT2D eigenvalue weighted by Crippen LogP contribution is -2.35. The molecule has 1 unspecified atom stereocenters. The highest BCUT2D eigenvalue weighted by atomic mass is 31.2. The van der Waals surface area contributed by atoms with E-state index in [9.17, 15) is 4.89 Å². The van der Waals surface area contributed by atoms with Gasteiger partial charge in [0.25, 0.3) is 8.53 Å². The Balaban J connectivity index is 0. The van der Waals surface area contributed by atoms with Crippen molar-refractivity contribution in [2.45, 2.75) is 52.3 Å². The molecule has 5 N–H and O–H groups in total. The van der Waals surface area contributed by atoms with Gasteiger partial charge in [-0.05, 0) is 34.6 Å². The second-order valence-electron chi connectivity index (χ2n) is 4.49. The molecule has 0 aliphatic heterocycles. The third-order valence-electron chi connectivity index (χ3n) is 1.95. The van der Waals surface area contributed by atoms with Crippen LogP contribution in [-0.2, 0) is 4.52 Å². The average Bonchev–Trinajstić information content (AvgIpc) is 2.26. The van der Waals surface area contributed by atoms with E-state index in [1.807, 2.05) is 27.7 Å². The van der Waals surface area contributed by atoms with Gasteiger partial charge in [-0.3, -0.25) is 10.0 Å². The maximum Gasteiger partial charge on any atom is 0.258 e. The zero-order valence-corrected chi connectivity index (χ0v) is 14.0. The Morgan fingerprint density at radius 3 is 1.60 bits per heavy atom. The summed E-state index contributed by atoms with van der Waals surface area (Å²) in [5.41, 5.74) is 2.69. The molecule has 0 saturated carbocycles. The molecule has 0 fully saturated rings. The monoisotopic (exact) mass is 324 g/mol. The molecule has 0 saturated heterocycles. The summed E-state index contributed by atoms with van der Waals surface area (Å²) in [7, 11) is -4.05. The molecule has 0 aromatic rings. The van der Waals surface area contributed by atoms with Gasteiger partial charge in [0.1, 0.15) is 12.1 Å². The van der Waals surface area contributed by atoms with Crippen molar-refractivity contribution in [3.8, 4) is 12.1 Å². The summed E-state index contributed by atoms with van der Waals surface area (Å²) in [4.78, 5) is 24.8. The van der Waals surface area contributed by atoms with E-state index in [1.54, 1.807) is 16.8 Å². The van der Waals surface area contributed by atoms with E-state index in [0.717, 1.165) is 0 Å². The Kier molecular flexibility index (Phi) is 11.3. The fourth-order valence-corrected chi connectivity index (χ4v) is 2.56. The van der Waals surface area contributed by atoms with Crippen LogP contribution in [0.2, 0.25) is 0 Å². The zero-order chi connectivity index (χ0) is 16.5. The molecule has 20 heavy (non-hydrogen) atoms. The van der Waals surface area contributed by atoms with E-state index in [4.69, 9.17) is 24.8 Å². The molecule has 0 aliphatic carbocycles. The number of nitrogens with zero attached hydrogens (tertiary/aromatic N) is 3. The third-order valence-corrected chi connectivity index (χ3v) is 3.79. The summed E-state index contributed by atoms with van der Waals surface area (Å²) >= 11 is 0. The van der Waals surface area contributed by atoms with Gasteiger partial charge in [-0.25, -0.2) is 4.67 Å². The van der Waals surface area contributed by atoms with Crippen molar-refractivity contribution >= 4 is 17.1 Å². The van der Waals surface area contributed by atoms with E-state index >= 15 is 0 Å². The van der Waals surface area contributed by atoms with Crippen LogP contribution in [0.15, 0.2) is 0 Å². The lowest BCUT2D eigenvalue weighted by Gasteiger charge is -2.34. The minimum Gasteiger partial charge on any atom is -0.338 e. The highest BCUT2D eigenvalue weighted by Gasteiger charge is 2.33. The van der Waals surface area contributed by atoms with Gasteiger partial charge in [0.2, 0.25) is 14.1 Å². The summed E-state index contributed by atoms with van der Waals surface area (Å²) in [6, 6.07) is 3.64. The second kappa shape index (κ2) is 10.3. The molecule has 116 valence electrons. The molecule has 0 heterocycles. The number of rotatable bonds is 5. The number of nitriles is 2. The van der Waals surface area contributed by atoms with Crippen LogP contribution in [0, 0.1) is 22.7 Å². The summed E-state index contributed by atoms with van der Waals surface area (Å²) in [5, 5.41) is 17.6. The predicted molar refractivity (Wildman–Crippen MR) is 77.5 cm³/mol. The lowest BCUT2D eigenvalue weighted by molar-refractivity contribution is 0.157. The first-order valence-corrected chi connectivity index (χ1v) is 8.20. The number of hydrogen-bond donors (Lipinski definition) is 4. The van der Waals surface area contributed by atoms with E-state index in [-0.39, 0.29) is 12.1 Å².